The molecule has 0 aromatic carbocycles. The molecule has 2 aromatic heterocycles. The van der Waals surface area contributed by atoms with Gasteiger partial charge in [0.15, 0.2) is 5.82 Å². The molecular weight excluding hydrogens is 362 g/mol. The van der Waals surface area contributed by atoms with Gasteiger partial charge in [0.25, 0.3) is 5.89 Å². The molecule has 1 aliphatic carbocycles. The van der Waals surface area contributed by atoms with E-state index in [9.17, 15) is 4.79 Å². The number of nitrogens with two attached hydrogens (primary N) is 1. The molecule has 27 heavy (non-hydrogen) atoms. The minimum Gasteiger partial charge on any atom is -0.351 e. The van der Waals surface area contributed by atoms with Gasteiger partial charge in [-0.15, -0.1) is 11.3 Å². The molecule has 2 N–H and O–H groups in total. The lowest BCUT2D eigenvalue weighted by Crippen LogP contribution is -2.57. The molecule has 2 saturated heterocycles. The second kappa shape index (κ2) is 6.60. The van der Waals surface area contributed by atoms with Crippen molar-refractivity contribution in [2.24, 2.45) is 5.73 Å². The Kier molecular flexibility index (Phi) is 4.20. The Morgan fingerprint density at radius 1 is 1.30 bits per heavy atom. The normalized spacial score (nSPS) is 28.3. The van der Waals surface area contributed by atoms with Crippen LogP contribution in [0, 0.1) is 0 Å². The fourth-order valence-electron chi connectivity index (χ4n) is 4.78. The van der Waals surface area contributed by atoms with Gasteiger partial charge in [-0.2, -0.15) is 4.98 Å². The molecule has 2 aliphatic heterocycles. The average Bonchev–Trinajstić information content (AvgIpc) is 3.16. The van der Waals surface area contributed by atoms with Gasteiger partial charge < -0.3 is 15.2 Å². The first-order valence-electron chi connectivity index (χ1n) is 9.84. The number of hydrogen-bond donors (Lipinski definition) is 1. The van der Waals surface area contributed by atoms with Crippen molar-refractivity contribution in [1.29, 1.82) is 0 Å². The number of piperidine rings is 2. The summed E-state index contributed by atoms with van der Waals surface area (Å²) in [5, 5.41) is 6.10. The molecule has 8 heteroatoms. The summed E-state index contributed by atoms with van der Waals surface area (Å²) in [5.41, 5.74) is 6.68. The van der Waals surface area contributed by atoms with Crippen molar-refractivity contribution in [2.45, 2.75) is 69.0 Å². The van der Waals surface area contributed by atoms with Crippen LogP contribution in [0.3, 0.4) is 0 Å². The summed E-state index contributed by atoms with van der Waals surface area (Å²) in [5.74, 6) is 1.72. The summed E-state index contributed by atoms with van der Waals surface area (Å²) < 4.78 is 5.52. The van der Waals surface area contributed by atoms with E-state index in [1.165, 1.54) is 30.6 Å². The predicted octanol–water partition coefficient (Wildman–Crippen LogP) is 3.58. The lowest BCUT2D eigenvalue weighted by molar-refractivity contribution is 0.0564. The van der Waals surface area contributed by atoms with Crippen LogP contribution in [-0.2, 0) is 0 Å². The van der Waals surface area contributed by atoms with Gasteiger partial charge in [0.1, 0.15) is 4.88 Å². The van der Waals surface area contributed by atoms with Gasteiger partial charge in [0, 0.05) is 24.0 Å². The summed E-state index contributed by atoms with van der Waals surface area (Å²) in [6, 6.07) is 2.73. The van der Waals surface area contributed by atoms with E-state index >= 15 is 0 Å². The number of aromatic nitrogens is 2. The van der Waals surface area contributed by atoms with Crippen LogP contribution < -0.4 is 10.6 Å². The monoisotopic (exact) mass is 387 g/mol. The molecule has 3 aliphatic rings. The van der Waals surface area contributed by atoms with Crippen molar-refractivity contribution < 1.29 is 9.32 Å². The second-order valence-electron chi connectivity index (χ2n) is 8.10. The number of amides is 2. The third-order valence-corrected chi connectivity index (χ3v) is 7.29. The highest BCUT2D eigenvalue weighted by Crippen LogP contribution is 2.43. The molecule has 7 nitrogen and oxygen atoms in total. The molecule has 4 heterocycles. The highest BCUT2D eigenvalue weighted by atomic mass is 32.1. The molecule has 1 saturated carbocycles. The van der Waals surface area contributed by atoms with Crippen molar-refractivity contribution in [2.75, 3.05) is 11.9 Å². The quantitative estimate of drug-likeness (QED) is 0.866. The third kappa shape index (κ3) is 3.04. The number of hydrogen-bond acceptors (Lipinski definition) is 6. The summed E-state index contributed by atoms with van der Waals surface area (Å²) in [6.45, 7) is 0. The summed E-state index contributed by atoms with van der Waals surface area (Å²) >= 11 is 1.52. The number of fused-ring (bicyclic) bond motifs is 2. The van der Waals surface area contributed by atoms with Crippen LogP contribution in [0.2, 0.25) is 0 Å². The predicted molar refractivity (Wildman–Crippen MR) is 104 cm³/mol. The number of rotatable bonds is 4. The van der Waals surface area contributed by atoms with Crippen LogP contribution in [0.5, 0.6) is 0 Å². The van der Waals surface area contributed by atoms with Gasteiger partial charge in [-0.3, -0.25) is 4.90 Å². The topological polar surface area (TPSA) is 88.5 Å². The van der Waals surface area contributed by atoms with Gasteiger partial charge in [0.2, 0.25) is 0 Å². The number of nitrogens with zero attached hydrogens (tertiary/aromatic N) is 4. The minimum atomic E-state index is -0.399. The molecule has 2 atom stereocenters. The van der Waals surface area contributed by atoms with Crippen molar-refractivity contribution >= 4 is 23.1 Å². The number of anilines is 1. The fraction of sp³-hybridized carbons (Fsp3) is 0.632. The zero-order valence-corrected chi connectivity index (χ0v) is 16.3. The molecule has 2 aromatic rings. The first-order chi connectivity index (χ1) is 13.1. The standard InChI is InChI=1S/C19H25N5O2S/c1-23-12-3-2-4-13(23)10-14(9-12)24(19(20)25)15-7-8-27-16(15)18-21-17(22-26-18)11-5-6-11/h7-8,11-14H,2-6,9-10H2,1H3,(H2,20,25). The van der Waals surface area contributed by atoms with Crippen LogP contribution >= 0.6 is 11.3 Å². The Bertz CT molecular complexity index is 831. The Hall–Kier alpha value is -1.93. The van der Waals surface area contributed by atoms with Gasteiger partial charge >= 0.3 is 6.03 Å². The number of thiophene rings is 1. The van der Waals surface area contributed by atoms with E-state index < -0.39 is 6.03 Å². The van der Waals surface area contributed by atoms with E-state index in [2.05, 4.69) is 22.1 Å². The molecule has 2 amide bonds. The van der Waals surface area contributed by atoms with Gasteiger partial charge in [0.05, 0.1) is 5.69 Å². The van der Waals surface area contributed by atoms with Gasteiger partial charge in [-0.05, 0) is 57.0 Å². The molecule has 2 bridgehead atoms. The number of primary amides is 1. The van der Waals surface area contributed by atoms with Gasteiger partial charge in [-0.1, -0.05) is 11.6 Å². The maximum atomic E-state index is 12.5. The number of carbonyl (C=O) groups is 1. The van der Waals surface area contributed by atoms with Crippen LogP contribution in [0.1, 0.15) is 56.7 Å². The van der Waals surface area contributed by atoms with E-state index in [1.54, 1.807) is 4.90 Å². The zero-order chi connectivity index (χ0) is 18.5. The lowest BCUT2D eigenvalue weighted by Gasteiger charge is -2.49. The first-order valence-corrected chi connectivity index (χ1v) is 10.7. The summed E-state index contributed by atoms with van der Waals surface area (Å²) in [4.78, 5) is 22.2. The van der Waals surface area contributed by atoms with Crippen LogP contribution in [-0.4, -0.2) is 46.2 Å². The Morgan fingerprint density at radius 3 is 2.70 bits per heavy atom. The fourth-order valence-corrected chi connectivity index (χ4v) is 5.58. The minimum absolute atomic E-state index is 0.119. The second-order valence-corrected chi connectivity index (χ2v) is 9.02. The maximum absolute atomic E-state index is 12.5. The van der Waals surface area contributed by atoms with Crippen LogP contribution in [0.15, 0.2) is 16.0 Å². The van der Waals surface area contributed by atoms with Crippen molar-refractivity contribution in [1.82, 2.24) is 15.0 Å². The van der Waals surface area contributed by atoms with Gasteiger partial charge in [-0.25, -0.2) is 4.79 Å². The SMILES string of the molecule is CN1C2CCCC1CC(N(C(N)=O)c1ccsc1-c1nc(C3CC3)no1)C2. The Labute approximate surface area is 162 Å². The van der Waals surface area contributed by atoms with Crippen molar-refractivity contribution in [3.05, 3.63) is 17.3 Å². The zero-order valence-electron chi connectivity index (χ0n) is 15.5. The molecule has 2 unspecified atom stereocenters. The molecule has 5 rings (SSSR count). The molecule has 144 valence electrons. The highest BCUT2D eigenvalue weighted by molar-refractivity contribution is 7.14. The van der Waals surface area contributed by atoms with Crippen LogP contribution in [0.25, 0.3) is 10.8 Å². The van der Waals surface area contributed by atoms with E-state index in [0.717, 1.165) is 42.1 Å². The first kappa shape index (κ1) is 17.2. The third-order valence-electron chi connectivity index (χ3n) is 6.40. The Balaban J connectivity index is 1.46. The van der Waals surface area contributed by atoms with Crippen LogP contribution in [0.4, 0.5) is 10.5 Å². The highest BCUT2D eigenvalue weighted by Gasteiger charge is 2.40. The van der Waals surface area contributed by atoms with E-state index in [1.807, 2.05) is 11.4 Å². The number of urea groups is 1. The maximum Gasteiger partial charge on any atom is 0.319 e. The van der Waals surface area contributed by atoms with E-state index in [-0.39, 0.29) is 6.04 Å². The largest absolute Gasteiger partial charge is 0.351 e. The summed E-state index contributed by atoms with van der Waals surface area (Å²) in [7, 11) is 2.22. The smallest absolute Gasteiger partial charge is 0.319 e. The molecule has 0 spiro atoms. The lowest BCUT2D eigenvalue weighted by atomic mass is 9.81. The molecular formula is C19H25N5O2S. The molecule has 0 radical (unpaired) electrons. The summed E-state index contributed by atoms with van der Waals surface area (Å²) in [6.07, 6.45) is 7.84. The van der Waals surface area contributed by atoms with Crippen molar-refractivity contribution in [3.8, 4) is 10.8 Å². The number of carbonyl (C=O) groups excluding carboxylic acids is 1. The van der Waals surface area contributed by atoms with E-state index in [4.69, 9.17) is 10.3 Å². The Morgan fingerprint density at radius 2 is 2.04 bits per heavy atom. The molecule has 3 fully saturated rings. The van der Waals surface area contributed by atoms with E-state index in [0.29, 0.717) is 23.9 Å². The average molecular weight is 388 g/mol. The van der Waals surface area contributed by atoms with Crippen molar-refractivity contribution in [3.63, 3.8) is 0 Å².